The van der Waals surface area contributed by atoms with E-state index in [-0.39, 0.29) is 31.4 Å². The van der Waals surface area contributed by atoms with Gasteiger partial charge < -0.3 is 10.4 Å². The number of aromatic nitrogens is 2. The lowest BCUT2D eigenvalue weighted by Crippen LogP contribution is -2.25. The van der Waals surface area contributed by atoms with Crippen LogP contribution in [-0.4, -0.2) is 28.0 Å². The number of hydrogen-bond donors (Lipinski definition) is 2. The number of fused-ring (bicyclic) bond motifs is 1. The van der Waals surface area contributed by atoms with E-state index in [1.165, 1.54) is 11.3 Å². The number of halogens is 2. The predicted molar refractivity (Wildman–Crippen MR) is 59.2 cm³/mol. The largest absolute Gasteiger partial charge is 0.394 e. The first-order chi connectivity index (χ1) is 5.92. The molecule has 0 bridgehead atoms. The van der Waals surface area contributed by atoms with Crippen molar-refractivity contribution in [1.82, 2.24) is 15.1 Å². The summed E-state index contributed by atoms with van der Waals surface area (Å²) in [5.74, 6) is 0. The molecule has 0 aliphatic carbocycles. The number of nitrogens with zero attached hydrogens (tertiary/aromatic N) is 2. The molecular weight excluding hydrogens is 225 g/mol. The molecule has 0 aromatic carbocycles. The van der Waals surface area contributed by atoms with Crippen molar-refractivity contribution in [3.8, 4) is 0 Å². The van der Waals surface area contributed by atoms with E-state index in [1.807, 2.05) is 10.9 Å². The third kappa shape index (κ3) is 2.60. The van der Waals surface area contributed by atoms with Crippen LogP contribution in [0.15, 0.2) is 6.20 Å². The Morgan fingerprint density at radius 3 is 3.00 bits per heavy atom. The number of aliphatic hydroxyl groups is 1. The summed E-state index contributed by atoms with van der Waals surface area (Å²) in [6.07, 6.45) is 2.91. The summed E-state index contributed by atoms with van der Waals surface area (Å²) in [5.41, 5.74) is 2.55. The van der Waals surface area contributed by atoms with E-state index in [9.17, 15) is 0 Å². The van der Waals surface area contributed by atoms with Gasteiger partial charge in [-0.05, 0) is 0 Å². The van der Waals surface area contributed by atoms with Gasteiger partial charge in [-0.1, -0.05) is 0 Å². The molecule has 4 nitrogen and oxygen atoms in total. The van der Waals surface area contributed by atoms with Crippen molar-refractivity contribution in [3.63, 3.8) is 0 Å². The molecule has 0 fully saturated rings. The highest BCUT2D eigenvalue weighted by atomic mass is 35.5. The van der Waals surface area contributed by atoms with E-state index < -0.39 is 0 Å². The second-order valence-electron chi connectivity index (χ2n) is 2.99. The minimum absolute atomic E-state index is 0. The van der Waals surface area contributed by atoms with Crippen LogP contribution in [0.2, 0.25) is 0 Å². The Balaban J connectivity index is 0.000000845. The van der Waals surface area contributed by atoms with Gasteiger partial charge in [0.05, 0.1) is 19.3 Å². The van der Waals surface area contributed by atoms with Gasteiger partial charge in [0.1, 0.15) is 0 Å². The zero-order valence-corrected chi connectivity index (χ0v) is 9.40. The zero-order chi connectivity index (χ0) is 8.39. The Hall–Kier alpha value is -0.290. The lowest BCUT2D eigenvalue weighted by atomic mass is 10.1. The van der Waals surface area contributed by atoms with Crippen LogP contribution in [-0.2, 0) is 19.5 Å². The second-order valence-corrected chi connectivity index (χ2v) is 2.99. The number of nitrogens with one attached hydrogen (secondary N) is 1. The molecule has 0 radical (unpaired) electrons. The summed E-state index contributed by atoms with van der Waals surface area (Å²) >= 11 is 0. The zero-order valence-electron chi connectivity index (χ0n) is 7.77. The lowest BCUT2D eigenvalue weighted by molar-refractivity contribution is 0.267. The van der Waals surface area contributed by atoms with E-state index in [2.05, 4.69) is 10.4 Å². The summed E-state index contributed by atoms with van der Waals surface area (Å²) in [4.78, 5) is 0. The van der Waals surface area contributed by atoms with Crippen molar-refractivity contribution in [2.24, 2.45) is 0 Å². The summed E-state index contributed by atoms with van der Waals surface area (Å²) in [5, 5.41) is 16.2. The fraction of sp³-hybridized carbons (Fsp3) is 0.625. The van der Waals surface area contributed by atoms with Crippen LogP contribution < -0.4 is 5.32 Å². The van der Waals surface area contributed by atoms with E-state index in [4.69, 9.17) is 5.11 Å². The first kappa shape index (κ1) is 13.7. The Bertz CT molecular complexity index is 278. The normalized spacial score (nSPS) is 13.8. The molecule has 0 spiro atoms. The van der Waals surface area contributed by atoms with E-state index in [0.29, 0.717) is 6.54 Å². The molecule has 2 N–H and O–H groups in total. The number of rotatable bonds is 2. The summed E-state index contributed by atoms with van der Waals surface area (Å²) in [6.45, 7) is 2.72. The number of hydrogen-bond acceptors (Lipinski definition) is 3. The first-order valence-electron chi connectivity index (χ1n) is 4.27. The smallest absolute Gasteiger partial charge is 0.0644 e. The summed E-state index contributed by atoms with van der Waals surface area (Å²) in [6, 6.07) is 0. The average molecular weight is 240 g/mol. The van der Waals surface area contributed by atoms with Gasteiger partial charge in [-0.3, -0.25) is 4.68 Å². The topological polar surface area (TPSA) is 50.1 Å². The van der Waals surface area contributed by atoms with Crippen LogP contribution in [0, 0.1) is 0 Å². The second kappa shape index (κ2) is 6.24. The van der Waals surface area contributed by atoms with Gasteiger partial charge in [0.15, 0.2) is 0 Å². The molecule has 0 amide bonds. The molecule has 6 heteroatoms. The summed E-state index contributed by atoms with van der Waals surface area (Å²) in [7, 11) is 0. The molecule has 14 heavy (non-hydrogen) atoms. The molecule has 0 saturated heterocycles. The Morgan fingerprint density at radius 1 is 1.50 bits per heavy atom. The van der Waals surface area contributed by atoms with Gasteiger partial charge in [-0.25, -0.2) is 0 Å². The predicted octanol–water partition coefficient (Wildman–Crippen LogP) is 0.365. The SMILES string of the molecule is Cl.Cl.OCCn1ncc2c1CCNC2. The fourth-order valence-corrected chi connectivity index (χ4v) is 1.60. The Kier molecular flexibility index (Phi) is 6.11. The van der Waals surface area contributed by atoms with Gasteiger partial charge in [-0.15, -0.1) is 24.8 Å². The minimum Gasteiger partial charge on any atom is -0.394 e. The van der Waals surface area contributed by atoms with E-state index in [1.54, 1.807) is 0 Å². The molecule has 1 aromatic rings. The molecule has 0 atom stereocenters. The van der Waals surface area contributed by atoms with Crippen molar-refractivity contribution in [2.45, 2.75) is 19.5 Å². The molecule has 2 rings (SSSR count). The van der Waals surface area contributed by atoms with E-state index >= 15 is 0 Å². The molecular formula is C8H15Cl2N3O. The molecule has 0 saturated carbocycles. The van der Waals surface area contributed by atoms with Gasteiger partial charge in [0.2, 0.25) is 0 Å². The van der Waals surface area contributed by atoms with Gasteiger partial charge in [0.25, 0.3) is 0 Å². The molecule has 1 aromatic heterocycles. The highest BCUT2D eigenvalue weighted by Crippen LogP contribution is 2.12. The van der Waals surface area contributed by atoms with Crippen molar-refractivity contribution >= 4 is 24.8 Å². The maximum absolute atomic E-state index is 8.76. The van der Waals surface area contributed by atoms with Crippen LogP contribution in [0.25, 0.3) is 0 Å². The van der Waals surface area contributed by atoms with Crippen LogP contribution in [0.3, 0.4) is 0 Å². The lowest BCUT2D eigenvalue weighted by Gasteiger charge is -2.14. The minimum atomic E-state index is 0. The van der Waals surface area contributed by atoms with E-state index in [0.717, 1.165) is 19.5 Å². The van der Waals surface area contributed by atoms with Crippen molar-refractivity contribution in [1.29, 1.82) is 0 Å². The Morgan fingerprint density at radius 2 is 2.29 bits per heavy atom. The highest BCUT2D eigenvalue weighted by Gasteiger charge is 2.13. The average Bonchev–Trinajstić information content (AvgIpc) is 2.50. The standard InChI is InChI=1S/C8H13N3O.2ClH/c12-4-3-11-8-1-2-9-5-7(8)6-10-11;;/h6,9,12H,1-5H2;2*1H. The third-order valence-electron chi connectivity index (χ3n) is 2.20. The fourth-order valence-electron chi connectivity index (χ4n) is 1.60. The monoisotopic (exact) mass is 239 g/mol. The van der Waals surface area contributed by atoms with Crippen molar-refractivity contribution in [2.75, 3.05) is 13.2 Å². The molecule has 1 aliphatic heterocycles. The van der Waals surface area contributed by atoms with Crippen molar-refractivity contribution in [3.05, 3.63) is 17.5 Å². The van der Waals surface area contributed by atoms with Crippen LogP contribution in [0.1, 0.15) is 11.3 Å². The molecule has 82 valence electrons. The third-order valence-corrected chi connectivity index (χ3v) is 2.20. The van der Waals surface area contributed by atoms with Crippen LogP contribution in [0.5, 0.6) is 0 Å². The van der Waals surface area contributed by atoms with Crippen molar-refractivity contribution < 1.29 is 5.11 Å². The van der Waals surface area contributed by atoms with Gasteiger partial charge in [-0.2, -0.15) is 5.10 Å². The maximum atomic E-state index is 8.76. The highest BCUT2D eigenvalue weighted by molar-refractivity contribution is 5.85. The van der Waals surface area contributed by atoms with Crippen LogP contribution >= 0.6 is 24.8 Å². The summed E-state index contributed by atoms with van der Waals surface area (Å²) < 4.78 is 1.90. The molecule has 2 heterocycles. The molecule has 1 aliphatic rings. The van der Waals surface area contributed by atoms with Gasteiger partial charge in [0, 0.05) is 30.8 Å². The quantitative estimate of drug-likeness (QED) is 0.785. The molecule has 0 unspecified atom stereocenters. The van der Waals surface area contributed by atoms with Gasteiger partial charge >= 0.3 is 0 Å². The van der Waals surface area contributed by atoms with Crippen LogP contribution in [0.4, 0.5) is 0 Å². The first-order valence-corrected chi connectivity index (χ1v) is 4.27. The Labute approximate surface area is 95.5 Å². The number of aliphatic hydroxyl groups excluding tert-OH is 1. The maximum Gasteiger partial charge on any atom is 0.0644 e.